The highest BCUT2D eigenvalue weighted by Gasteiger charge is 2.27. The molecule has 0 aliphatic heterocycles. The minimum absolute atomic E-state index is 0.0772. The fourth-order valence-electron chi connectivity index (χ4n) is 2.10. The molecular formula is C16H23N2O5-. The smallest absolute Gasteiger partial charge is 0.287 e. The van der Waals surface area contributed by atoms with Crippen molar-refractivity contribution in [3.8, 4) is 0 Å². The molecule has 2 atom stereocenters. The normalized spacial score (nSPS) is 13.7. The SMILES string of the molecule is CC(C)C[C@@H](NC(=O)[C@H](NC(=O)c1ccco1)C(C)C)C(=O)[O-]. The van der Waals surface area contributed by atoms with E-state index in [1.807, 2.05) is 13.8 Å². The second-order valence-electron chi connectivity index (χ2n) is 6.18. The third-order valence-corrected chi connectivity index (χ3v) is 3.29. The standard InChI is InChI=1S/C16H24N2O5/c1-9(2)8-11(16(21)22)17-15(20)13(10(3)4)18-14(19)12-6-5-7-23-12/h5-7,9-11,13H,8H2,1-4H3,(H,17,20)(H,18,19)(H,21,22)/p-1/t11-,13-/m1/s1. The number of nitrogens with one attached hydrogen (secondary N) is 2. The average Bonchev–Trinajstić information content (AvgIpc) is 2.96. The monoisotopic (exact) mass is 323 g/mol. The molecule has 0 unspecified atom stereocenters. The summed E-state index contributed by atoms with van der Waals surface area (Å²) in [5, 5.41) is 16.1. The Hall–Kier alpha value is -2.31. The molecule has 7 nitrogen and oxygen atoms in total. The summed E-state index contributed by atoms with van der Waals surface area (Å²) < 4.78 is 4.98. The Balaban J connectivity index is 2.77. The molecule has 0 aliphatic rings. The number of rotatable bonds is 8. The summed E-state index contributed by atoms with van der Waals surface area (Å²) in [7, 11) is 0. The van der Waals surface area contributed by atoms with Gasteiger partial charge in [-0.05, 0) is 30.4 Å². The number of aliphatic carboxylic acids is 1. The first-order valence-electron chi connectivity index (χ1n) is 7.58. The van der Waals surface area contributed by atoms with Crippen LogP contribution in [-0.2, 0) is 9.59 Å². The van der Waals surface area contributed by atoms with Crippen LogP contribution in [0.25, 0.3) is 0 Å². The fourth-order valence-corrected chi connectivity index (χ4v) is 2.10. The molecule has 1 rings (SSSR count). The van der Waals surface area contributed by atoms with Gasteiger partial charge < -0.3 is 25.0 Å². The maximum absolute atomic E-state index is 12.3. The largest absolute Gasteiger partial charge is 0.548 e. The highest BCUT2D eigenvalue weighted by atomic mass is 16.4. The second kappa shape index (κ2) is 8.36. The minimum atomic E-state index is -1.34. The molecule has 0 aromatic carbocycles. The molecule has 0 spiro atoms. The third kappa shape index (κ3) is 5.77. The van der Waals surface area contributed by atoms with Gasteiger partial charge in [-0.25, -0.2) is 0 Å². The Labute approximate surface area is 135 Å². The van der Waals surface area contributed by atoms with Gasteiger partial charge in [0.25, 0.3) is 5.91 Å². The van der Waals surface area contributed by atoms with Gasteiger partial charge in [0.1, 0.15) is 6.04 Å². The van der Waals surface area contributed by atoms with E-state index in [9.17, 15) is 19.5 Å². The highest BCUT2D eigenvalue weighted by molar-refractivity contribution is 5.96. The van der Waals surface area contributed by atoms with E-state index in [0.717, 1.165) is 0 Å². The molecular weight excluding hydrogens is 300 g/mol. The Kier molecular flexibility index (Phi) is 6.81. The Morgan fingerprint density at radius 2 is 1.83 bits per heavy atom. The molecule has 2 N–H and O–H groups in total. The molecule has 0 saturated carbocycles. The first-order chi connectivity index (χ1) is 10.7. The zero-order valence-electron chi connectivity index (χ0n) is 13.8. The molecule has 0 aliphatic carbocycles. The number of furan rings is 1. The van der Waals surface area contributed by atoms with Gasteiger partial charge in [-0.1, -0.05) is 27.7 Å². The topological polar surface area (TPSA) is 111 Å². The zero-order chi connectivity index (χ0) is 17.6. The molecule has 0 saturated heterocycles. The molecule has 1 aromatic rings. The molecule has 128 valence electrons. The maximum Gasteiger partial charge on any atom is 0.287 e. The lowest BCUT2D eigenvalue weighted by Gasteiger charge is -2.26. The predicted molar refractivity (Wildman–Crippen MR) is 81.2 cm³/mol. The number of hydrogen-bond donors (Lipinski definition) is 2. The van der Waals surface area contributed by atoms with Crippen molar-refractivity contribution in [2.75, 3.05) is 0 Å². The van der Waals surface area contributed by atoms with Crippen LogP contribution < -0.4 is 15.7 Å². The van der Waals surface area contributed by atoms with Gasteiger partial charge in [0.2, 0.25) is 5.91 Å². The van der Waals surface area contributed by atoms with E-state index in [4.69, 9.17) is 4.42 Å². The van der Waals surface area contributed by atoms with Crippen LogP contribution in [0.1, 0.15) is 44.7 Å². The Bertz CT molecular complexity index is 537. The number of amides is 2. The van der Waals surface area contributed by atoms with Crippen LogP contribution in [0.3, 0.4) is 0 Å². The van der Waals surface area contributed by atoms with Crippen molar-refractivity contribution in [2.45, 2.75) is 46.2 Å². The fraction of sp³-hybridized carbons (Fsp3) is 0.562. The molecule has 0 bridgehead atoms. The molecule has 23 heavy (non-hydrogen) atoms. The lowest BCUT2D eigenvalue weighted by atomic mass is 10.0. The van der Waals surface area contributed by atoms with Crippen LogP contribution in [0.4, 0.5) is 0 Å². The number of carboxylic acids is 1. The zero-order valence-corrected chi connectivity index (χ0v) is 13.8. The van der Waals surface area contributed by atoms with Crippen molar-refractivity contribution in [1.29, 1.82) is 0 Å². The first-order valence-corrected chi connectivity index (χ1v) is 7.58. The van der Waals surface area contributed by atoms with Gasteiger partial charge in [0.05, 0.1) is 18.3 Å². The summed E-state index contributed by atoms with van der Waals surface area (Å²) in [5.41, 5.74) is 0. The van der Waals surface area contributed by atoms with Crippen LogP contribution in [0.2, 0.25) is 0 Å². The van der Waals surface area contributed by atoms with Gasteiger partial charge in [-0.15, -0.1) is 0 Å². The Morgan fingerprint density at radius 3 is 2.26 bits per heavy atom. The van der Waals surface area contributed by atoms with E-state index in [1.165, 1.54) is 12.3 Å². The van der Waals surface area contributed by atoms with Gasteiger partial charge in [0, 0.05) is 0 Å². The van der Waals surface area contributed by atoms with Crippen LogP contribution in [-0.4, -0.2) is 29.9 Å². The number of carbonyl (C=O) groups is 3. The molecule has 2 amide bonds. The van der Waals surface area contributed by atoms with Gasteiger partial charge in [-0.3, -0.25) is 9.59 Å². The van der Waals surface area contributed by atoms with Gasteiger partial charge in [0.15, 0.2) is 5.76 Å². The van der Waals surface area contributed by atoms with E-state index in [2.05, 4.69) is 10.6 Å². The molecule has 0 fully saturated rings. The van der Waals surface area contributed by atoms with Crippen molar-refractivity contribution in [3.05, 3.63) is 24.2 Å². The summed E-state index contributed by atoms with van der Waals surface area (Å²) in [5.74, 6) is -2.50. The maximum atomic E-state index is 12.3. The lowest BCUT2D eigenvalue weighted by Crippen LogP contribution is -2.56. The molecule has 1 heterocycles. The summed E-state index contributed by atoms with van der Waals surface area (Å²) in [4.78, 5) is 35.5. The van der Waals surface area contributed by atoms with Crippen molar-refractivity contribution in [1.82, 2.24) is 10.6 Å². The average molecular weight is 323 g/mol. The van der Waals surface area contributed by atoms with E-state index >= 15 is 0 Å². The summed E-state index contributed by atoms with van der Waals surface area (Å²) >= 11 is 0. The molecule has 0 radical (unpaired) electrons. The van der Waals surface area contributed by atoms with Crippen molar-refractivity contribution in [3.63, 3.8) is 0 Å². The van der Waals surface area contributed by atoms with Crippen LogP contribution in [0, 0.1) is 11.8 Å². The van der Waals surface area contributed by atoms with Crippen LogP contribution in [0.15, 0.2) is 22.8 Å². The highest BCUT2D eigenvalue weighted by Crippen LogP contribution is 2.08. The van der Waals surface area contributed by atoms with E-state index in [0.29, 0.717) is 0 Å². The number of carboxylic acid groups (broad SMARTS) is 1. The third-order valence-electron chi connectivity index (χ3n) is 3.29. The summed E-state index contributed by atoms with van der Waals surface area (Å²) in [6.45, 7) is 7.20. The van der Waals surface area contributed by atoms with E-state index in [1.54, 1.807) is 19.9 Å². The second-order valence-corrected chi connectivity index (χ2v) is 6.18. The van der Waals surface area contributed by atoms with Crippen molar-refractivity contribution in [2.24, 2.45) is 11.8 Å². The number of hydrogen-bond acceptors (Lipinski definition) is 5. The summed E-state index contributed by atoms with van der Waals surface area (Å²) in [6, 6.07) is 1.08. The Morgan fingerprint density at radius 1 is 1.17 bits per heavy atom. The van der Waals surface area contributed by atoms with Gasteiger partial charge >= 0.3 is 0 Å². The first kappa shape index (κ1) is 18.7. The lowest BCUT2D eigenvalue weighted by molar-refractivity contribution is -0.308. The van der Waals surface area contributed by atoms with Crippen LogP contribution >= 0.6 is 0 Å². The van der Waals surface area contributed by atoms with Crippen LogP contribution in [0.5, 0.6) is 0 Å². The van der Waals surface area contributed by atoms with Crippen molar-refractivity contribution >= 4 is 17.8 Å². The van der Waals surface area contributed by atoms with E-state index in [-0.39, 0.29) is 24.0 Å². The number of carbonyl (C=O) groups excluding carboxylic acids is 3. The molecule has 7 heteroatoms. The quantitative estimate of drug-likeness (QED) is 0.715. The minimum Gasteiger partial charge on any atom is -0.548 e. The van der Waals surface area contributed by atoms with E-state index < -0.39 is 29.9 Å². The van der Waals surface area contributed by atoms with Gasteiger partial charge in [-0.2, -0.15) is 0 Å². The van der Waals surface area contributed by atoms with Crippen molar-refractivity contribution < 1.29 is 23.9 Å². The molecule has 1 aromatic heterocycles. The summed E-state index contributed by atoms with van der Waals surface area (Å²) in [6.07, 6.45) is 1.61. The predicted octanol–water partition coefficient (Wildman–Crippen LogP) is 0.315.